The van der Waals surface area contributed by atoms with Crippen molar-refractivity contribution in [1.82, 2.24) is 5.32 Å². The first-order chi connectivity index (χ1) is 25.1. The van der Waals surface area contributed by atoms with Crippen LogP contribution < -0.4 is 5.32 Å². The monoisotopic (exact) mass is 749 g/mol. The Morgan fingerprint density at radius 2 is 1.19 bits per heavy atom. The van der Waals surface area contributed by atoms with Crippen LogP contribution in [0.15, 0.2) is 12.2 Å². The molecule has 14 nitrogen and oxygen atoms in total. The number of hydrogen-bond donors (Lipinski definition) is 9. The van der Waals surface area contributed by atoms with E-state index in [2.05, 4.69) is 19.2 Å². The van der Waals surface area contributed by atoms with Crippen molar-refractivity contribution in [2.24, 2.45) is 0 Å². The maximum atomic E-state index is 12.9. The minimum absolute atomic E-state index is 0.250. The number of carbonyl (C=O) groups excluding carboxylic acids is 1. The molecule has 0 aliphatic carbocycles. The van der Waals surface area contributed by atoms with Crippen molar-refractivity contribution in [2.75, 3.05) is 19.8 Å². The Morgan fingerprint density at radius 1 is 0.673 bits per heavy atom. The van der Waals surface area contributed by atoms with E-state index in [1.54, 1.807) is 6.08 Å². The van der Waals surface area contributed by atoms with E-state index in [1.807, 2.05) is 6.08 Å². The molecule has 2 fully saturated rings. The number of aliphatic hydroxyl groups excluding tert-OH is 8. The Morgan fingerprint density at radius 3 is 1.77 bits per heavy atom. The van der Waals surface area contributed by atoms with Gasteiger partial charge in [-0.15, -0.1) is 0 Å². The highest BCUT2D eigenvalue weighted by Crippen LogP contribution is 2.29. The molecule has 0 aromatic rings. The molecule has 0 radical (unpaired) electrons. The van der Waals surface area contributed by atoms with Gasteiger partial charge in [-0.05, 0) is 19.3 Å². The zero-order valence-corrected chi connectivity index (χ0v) is 31.6. The summed E-state index contributed by atoms with van der Waals surface area (Å²) in [5, 5.41) is 85.9. The highest BCUT2D eigenvalue weighted by Gasteiger charge is 2.50. The fourth-order valence-electron chi connectivity index (χ4n) is 6.58. The van der Waals surface area contributed by atoms with Crippen LogP contribution in [0.5, 0.6) is 0 Å². The molecule has 2 aliphatic rings. The Hall–Kier alpha value is -1.27. The standard InChI is InChI=1S/C38H71NO13/c1-3-5-7-9-11-12-13-14-16-17-19-21-27(42)26(39-30(43)22-20-18-15-10-8-6-4-2)25-49-37-35(48)33(46)36(29(24-41)51-37)52-38-34(47)32(45)31(44)28(23-40)50-38/h19,21,26-29,31-38,40-42,44-48H,3-18,20,22-25H2,1-2H3,(H,39,43)/b21-19+/t26-,27+,28+,29+,31-,32?,33?,34?,35?,36+,37+,38-/m0/s1. The first kappa shape index (κ1) is 46.9. The van der Waals surface area contributed by atoms with Crippen molar-refractivity contribution in [1.29, 1.82) is 0 Å². The quantitative estimate of drug-likeness (QED) is 0.0413. The summed E-state index contributed by atoms with van der Waals surface area (Å²) in [4.78, 5) is 12.9. The van der Waals surface area contributed by atoms with E-state index in [0.717, 1.165) is 38.5 Å². The lowest BCUT2D eigenvalue weighted by atomic mass is 9.97. The van der Waals surface area contributed by atoms with Gasteiger partial charge < -0.3 is 65.1 Å². The van der Waals surface area contributed by atoms with Gasteiger partial charge >= 0.3 is 0 Å². The third-order valence-electron chi connectivity index (χ3n) is 9.97. The van der Waals surface area contributed by atoms with Gasteiger partial charge in [-0.1, -0.05) is 116 Å². The molecular weight excluding hydrogens is 678 g/mol. The van der Waals surface area contributed by atoms with E-state index in [-0.39, 0.29) is 18.9 Å². The molecule has 14 heteroatoms. The first-order valence-electron chi connectivity index (χ1n) is 19.9. The predicted octanol–water partition coefficient (Wildman–Crippen LogP) is 2.09. The second kappa shape index (κ2) is 27.3. The molecule has 0 aromatic carbocycles. The van der Waals surface area contributed by atoms with E-state index in [0.29, 0.717) is 6.42 Å². The molecule has 0 spiro atoms. The summed E-state index contributed by atoms with van der Waals surface area (Å²) in [5.74, 6) is -0.250. The number of hydrogen-bond acceptors (Lipinski definition) is 13. The fraction of sp³-hybridized carbons (Fsp3) is 0.921. The molecule has 1 amide bonds. The maximum absolute atomic E-state index is 12.9. The average molecular weight is 750 g/mol. The Balaban J connectivity index is 1.97. The van der Waals surface area contributed by atoms with Gasteiger partial charge in [0.05, 0.1) is 32.0 Å². The van der Waals surface area contributed by atoms with Gasteiger partial charge in [0, 0.05) is 6.42 Å². The number of rotatable bonds is 28. The van der Waals surface area contributed by atoms with Crippen LogP contribution in [-0.4, -0.2) is 140 Å². The second-order valence-electron chi connectivity index (χ2n) is 14.4. The third-order valence-corrected chi connectivity index (χ3v) is 9.97. The number of aliphatic hydroxyl groups is 8. The van der Waals surface area contributed by atoms with E-state index in [4.69, 9.17) is 18.9 Å². The van der Waals surface area contributed by atoms with E-state index >= 15 is 0 Å². The van der Waals surface area contributed by atoms with Crippen LogP contribution in [0.1, 0.15) is 129 Å². The number of allylic oxidation sites excluding steroid dienone is 1. The lowest BCUT2D eigenvalue weighted by molar-refractivity contribution is -0.359. The minimum Gasteiger partial charge on any atom is -0.394 e. The van der Waals surface area contributed by atoms with Crippen LogP contribution in [-0.2, 0) is 23.7 Å². The van der Waals surface area contributed by atoms with Crippen LogP contribution in [0.3, 0.4) is 0 Å². The summed E-state index contributed by atoms with van der Waals surface area (Å²) >= 11 is 0. The van der Waals surface area contributed by atoms with Crippen molar-refractivity contribution in [3.63, 3.8) is 0 Å². The smallest absolute Gasteiger partial charge is 0.220 e. The Bertz CT molecular complexity index is 941. The molecule has 2 heterocycles. The zero-order chi connectivity index (χ0) is 38.3. The molecule has 52 heavy (non-hydrogen) atoms. The van der Waals surface area contributed by atoms with E-state index in [1.165, 1.54) is 64.2 Å². The summed E-state index contributed by atoms with van der Waals surface area (Å²) < 4.78 is 22.5. The van der Waals surface area contributed by atoms with Gasteiger partial charge in [-0.25, -0.2) is 0 Å². The average Bonchev–Trinajstić information content (AvgIpc) is 3.14. The minimum atomic E-state index is -1.78. The van der Waals surface area contributed by atoms with E-state index in [9.17, 15) is 45.6 Å². The number of carbonyl (C=O) groups is 1. The third kappa shape index (κ3) is 16.6. The molecule has 0 bridgehead atoms. The fourth-order valence-corrected chi connectivity index (χ4v) is 6.58. The van der Waals surface area contributed by atoms with Gasteiger partial charge in [0.2, 0.25) is 5.91 Å². The second-order valence-corrected chi connectivity index (χ2v) is 14.4. The maximum Gasteiger partial charge on any atom is 0.220 e. The molecular formula is C38H71NO13. The summed E-state index contributed by atoms with van der Waals surface area (Å²) in [7, 11) is 0. The highest BCUT2D eigenvalue weighted by molar-refractivity contribution is 5.76. The summed E-state index contributed by atoms with van der Waals surface area (Å²) in [6.45, 7) is 2.67. The van der Waals surface area contributed by atoms with Crippen molar-refractivity contribution in [3.8, 4) is 0 Å². The van der Waals surface area contributed by atoms with Crippen molar-refractivity contribution in [3.05, 3.63) is 12.2 Å². The highest BCUT2D eigenvalue weighted by atomic mass is 16.7. The van der Waals surface area contributed by atoms with Crippen molar-refractivity contribution in [2.45, 2.75) is 203 Å². The Labute approximate surface area is 310 Å². The number of unbranched alkanes of at least 4 members (excludes halogenated alkanes) is 15. The molecule has 0 saturated carbocycles. The van der Waals surface area contributed by atoms with Crippen LogP contribution in [0, 0.1) is 0 Å². The van der Waals surface area contributed by atoms with Gasteiger partial charge in [-0.2, -0.15) is 0 Å². The van der Waals surface area contributed by atoms with Crippen LogP contribution in [0.4, 0.5) is 0 Å². The zero-order valence-electron chi connectivity index (χ0n) is 31.6. The summed E-state index contributed by atoms with van der Waals surface area (Å²) in [6, 6.07) is -0.903. The first-order valence-corrected chi connectivity index (χ1v) is 19.9. The SMILES string of the molecule is CCCCCCCCCCC/C=C/[C@@H](O)[C@H](CO[C@@H]1O[C@H](CO)[C@@H](O[C@@H]2O[C@H](CO)[C@H](O)C(O)C2O)C(O)C1O)NC(=O)CCCCCCCCC. The number of ether oxygens (including phenoxy) is 4. The lowest BCUT2D eigenvalue weighted by Gasteiger charge is -2.46. The topological polar surface area (TPSA) is 228 Å². The molecule has 4 unspecified atom stereocenters. The summed E-state index contributed by atoms with van der Waals surface area (Å²) in [5.41, 5.74) is 0. The van der Waals surface area contributed by atoms with Crippen molar-refractivity contribution < 1.29 is 64.6 Å². The molecule has 12 atom stereocenters. The van der Waals surface area contributed by atoms with Crippen LogP contribution >= 0.6 is 0 Å². The largest absolute Gasteiger partial charge is 0.394 e. The van der Waals surface area contributed by atoms with Crippen molar-refractivity contribution >= 4 is 5.91 Å². The number of nitrogens with one attached hydrogen (secondary N) is 1. The predicted molar refractivity (Wildman–Crippen MR) is 194 cm³/mol. The van der Waals surface area contributed by atoms with E-state index < -0.39 is 86.8 Å². The molecule has 2 saturated heterocycles. The molecule has 306 valence electrons. The molecule has 0 aromatic heterocycles. The molecule has 2 aliphatic heterocycles. The summed E-state index contributed by atoms with van der Waals surface area (Å²) in [6.07, 6.45) is 5.85. The normalized spacial score (nSPS) is 30.8. The molecule has 2 rings (SSSR count). The van der Waals surface area contributed by atoms with Gasteiger partial charge in [0.25, 0.3) is 0 Å². The van der Waals surface area contributed by atoms with Gasteiger partial charge in [-0.3, -0.25) is 4.79 Å². The lowest BCUT2D eigenvalue weighted by Crippen LogP contribution is -2.65. The Kier molecular flexibility index (Phi) is 24.6. The number of amides is 1. The van der Waals surface area contributed by atoms with Gasteiger partial charge in [0.15, 0.2) is 12.6 Å². The molecule has 9 N–H and O–H groups in total. The van der Waals surface area contributed by atoms with Crippen LogP contribution in [0.25, 0.3) is 0 Å². The van der Waals surface area contributed by atoms with Crippen LogP contribution in [0.2, 0.25) is 0 Å². The van der Waals surface area contributed by atoms with Gasteiger partial charge in [0.1, 0.15) is 48.8 Å².